The topological polar surface area (TPSA) is 137 Å². The first kappa shape index (κ1) is 19.2. The molecule has 26 heavy (non-hydrogen) atoms. The third-order valence-corrected chi connectivity index (χ3v) is 4.26. The second-order valence-corrected chi connectivity index (χ2v) is 6.15. The van der Waals surface area contributed by atoms with E-state index in [9.17, 15) is 14.4 Å². The minimum atomic E-state index is -1.03. The lowest BCUT2D eigenvalue weighted by molar-refractivity contribution is -0.137. The largest absolute Gasteiger partial charge is 0.481 e. The summed E-state index contributed by atoms with van der Waals surface area (Å²) in [4.78, 5) is 37.0. The number of nitrogens with two attached hydrogens (primary N) is 1. The number of nitrogen functional groups attached to an aromatic ring is 1. The number of carbonyl (C=O) groups is 3. The van der Waals surface area contributed by atoms with Gasteiger partial charge in [0.05, 0.1) is 12.5 Å². The van der Waals surface area contributed by atoms with Crippen LogP contribution in [0.15, 0.2) is 36.9 Å². The number of anilines is 1. The van der Waals surface area contributed by atoms with E-state index in [1.165, 1.54) is 6.08 Å². The maximum absolute atomic E-state index is 12.6. The fourth-order valence-electron chi connectivity index (χ4n) is 2.88. The summed E-state index contributed by atoms with van der Waals surface area (Å²) in [5.41, 5.74) is 6.68. The van der Waals surface area contributed by atoms with Gasteiger partial charge in [0.15, 0.2) is 0 Å². The smallest absolute Gasteiger partial charge is 0.305 e. The van der Waals surface area contributed by atoms with Gasteiger partial charge in [-0.05, 0) is 30.7 Å². The van der Waals surface area contributed by atoms with Crippen LogP contribution in [0.5, 0.6) is 0 Å². The second-order valence-electron chi connectivity index (χ2n) is 6.15. The van der Waals surface area contributed by atoms with Gasteiger partial charge < -0.3 is 21.1 Å². The zero-order valence-corrected chi connectivity index (χ0v) is 14.3. The summed E-state index contributed by atoms with van der Waals surface area (Å²) in [6.45, 7) is 4.00. The van der Waals surface area contributed by atoms with Crippen LogP contribution in [0.3, 0.4) is 0 Å². The maximum atomic E-state index is 12.6. The van der Waals surface area contributed by atoms with E-state index in [0.717, 1.165) is 0 Å². The van der Waals surface area contributed by atoms with Crippen molar-refractivity contribution in [1.82, 2.24) is 5.32 Å². The van der Waals surface area contributed by atoms with Gasteiger partial charge in [0.1, 0.15) is 5.84 Å². The van der Waals surface area contributed by atoms with E-state index in [0.29, 0.717) is 24.2 Å². The van der Waals surface area contributed by atoms with Gasteiger partial charge in [-0.25, -0.2) is 0 Å². The van der Waals surface area contributed by atoms with E-state index in [4.69, 9.17) is 16.2 Å². The first-order valence-electron chi connectivity index (χ1n) is 8.21. The molecule has 0 spiro atoms. The zero-order chi connectivity index (χ0) is 19.3. The molecule has 2 rings (SSSR count). The molecule has 0 radical (unpaired) electrons. The van der Waals surface area contributed by atoms with Crippen molar-refractivity contribution >= 4 is 29.3 Å². The van der Waals surface area contributed by atoms with Crippen LogP contribution < -0.4 is 16.0 Å². The lowest BCUT2D eigenvalue weighted by atomic mass is 10.0. The highest BCUT2D eigenvalue weighted by Crippen LogP contribution is 2.27. The number of amides is 2. The highest BCUT2D eigenvalue weighted by Gasteiger charge is 2.34. The molecule has 2 amide bonds. The summed E-state index contributed by atoms with van der Waals surface area (Å²) in [6.07, 6.45) is 1.66. The third kappa shape index (κ3) is 4.69. The fraction of sp³-hybridized carbons (Fsp3) is 0.333. The highest BCUT2D eigenvalue weighted by molar-refractivity contribution is 6.00. The number of hydrogen-bond acceptors (Lipinski definition) is 4. The molecule has 0 aromatic heterocycles. The van der Waals surface area contributed by atoms with Gasteiger partial charge in [0, 0.05) is 30.1 Å². The Morgan fingerprint density at radius 1 is 1.42 bits per heavy atom. The van der Waals surface area contributed by atoms with Gasteiger partial charge in [-0.2, -0.15) is 0 Å². The van der Waals surface area contributed by atoms with E-state index in [1.807, 2.05) is 0 Å². The van der Waals surface area contributed by atoms with Crippen LogP contribution in [0.25, 0.3) is 0 Å². The fourth-order valence-corrected chi connectivity index (χ4v) is 2.88. The minimum absolute atomic E-state index is 0.00478. The number of aliphatic carboxylic acids is 1. The summed E-state index contributed by atoms with van der Waals surface area (Å²) in [5.74, 6) is -2.05. The van der Waals surface area contributed by atoms with Gasteiger partial charge in [-0.3, -0.25) is 19.8 Å². The molecule has 2 unspecified atom stereocenters. The summed E-state index contributed by atoms with van der Waals surface area (Å²) >= 11 is 0. The number of carboxylic acid groups (broad SMARTS) is 1. The Labute approximate surface area is 151 Å². The Kier molecular flexibility index (Phi) is 6.11. The van der Waals surface area contributed by atoms with Crippen LogP contribution in [-0.2, 0) is 14.4 Å². The van der Waals surface area contributed by atoms with Gasteiger partial charge in [0.2, 0.25) is 11.8 Å². The van der Waals surface area contributed by atoms with Gasteiger partial charge in [-0.1, -0.05) is 6.08 Å². The molecule has 1 heterocycles. The first-order valence-corrected chi connectivity index (χ1v) is 8.21. The van der Waals surface area contributed by atoms with Gasteiger partial charge >= 0.3 is 5.97 Å². The number of amidine groups is 1. The van der Waals surface area contributed by atoms with Gasteiger partial charge in [-0.15, -0.1) is 6.58 Å². The van der Waals surface area contributed by atoms with E-state index in [-0.39, 0.29) is 30.5 Å². The molecule has 5 N–H and O–H groups in total. The summed E-state index contributed by atoms with van der Waals surface area (Å²) in [5, 5.41) is 18.7. The summed E-state index contributed by atoms with van der Waals surface area (Å²) < 4.78 is 0. The molecular formula is C18H22N4O4. The van der Waals surface area contributed by atoms with Gasteiger partial charge in [0.25, 0.3) is 0 Å². The molecule has 0 aliphatic carbocycles. The van der Waals surface area contributed by atoms with Crippen molar-refractivity contribution in [3.05, 3.63) is 42.5 Å². The predicted octanol–water partition coefficient (Wildman–Crippen LogP) is 0.859. The van der Waals surface area contributed by atoms with E-state index >= 15 is 0 Å². The lowest BCUT2D eigenvalue weighted by Gasteiger charge is -2.18. The normalized spacial score (nSPS) is 17.6. The number of benzene rings is 1. The van der Waals surface area contributed by atoms with Crippen LogP contribution in [0.2, 0.25) is 0 Å². The van der Waals surface area contributed by atoms with Crippen molar-refractivity contribution in [3.63, 3.8) is 0 Å². The van der Waals surface area contributed by atoms with Crippen molar-refractivity contribution in [2.75, 3.05) is 11.4 Å². The highest BCUT2D eigenvalue weighted by atomic mass is 16.4. The SMILES string of the molecule is C=CC(CC(=O)O)NC(=O)CC1CCN(c2ccc(C(=N)N)cc2)C1=O. The average Bonchev–Trinajstić information content (AvgIpc) is 2.94. The van der Waals surface area contributed by atoms with Crippen LogP contribution in [-0.4, -0.2) is 41.3 Å². The van der Waals surface area contributed by atoms with Crippen molar-refractivity contribution in [1.29, 1.82) is 5.41 Å². The van der Waals surface area contributed by atoms with Crippen LogP contribution in [0.4, 0.5) is 5.69 Å². The number of rotatable bonds is 8. The zero-order valence-electron chi connectivity index (χ0n) is 14.3. The average molecular weight is 358 g/mol. The number of nitrogens with zero attached hydrogens (tertiary/aromatic N) is 1. The molecule has 1 aromatic rings. The Bertz CT molecular complexity index is 729. The summed E-state index contributed by atoms with van der Waals surface area (Å²) in [6, 6.07) is 6.12. The van der Waals surface area contributed by atoms with E-state index in [2.05, 4.69) is 11.9 Å². The molecule has 1 saturated heterocycles. The Morgan fingerprint density at radius 2 is 2.08 bits per heavy atom. The monoisotopic (exact) mass is 358 g/mol. The Hall–Kier alpha value is -3.16. The molecule has 8 nitrogen and oxygen atoms in total. The second kappa shape index (κ2) is 8.28. The number of carbonyl (C=O) groups excluding carboxylic acids is 2. The Morgan fingerprint density at radius 3 is 2.62 bits per heavy atom. The number of carboxylic acids is 1. The molecule has 1 fully saturated rings. The number of nitrogens with one attached hydrogen (secondary N) is 2. The van der Waals surface area contributed by atoms with Crippen LogP contribution >= 0.6 is 0 Å². The molecule has 8 heteroatoms. The third-order valence-electron chi connectivity index (χ3n) is 4.26. The minimum Gasteiger partial charge on any atom is -0.481 e. The molecule has 2 atom stereocenters. The van der Waals surface area contributed by atoms with Crippen molar-refractivity contribution in [3.8, 4) is 0 Å². The molecule has 0 bridgehead atoms. The molecule has 0 saturated carbocycles. The molecular weight excluding hydrogens is 336 g/mol. The van der Waals surface area contributed by atoms with Crippen molar-refractivity contribution in [2.45, 2.75) is 25.3 Å². The van der Waals surface area contributed by atoms with E-state index in [1.54, 1.807) is 29.2 Å². The first-order chi connectivity index (χ1) is 12.3. The number of hydrogen-bond donors (Lipinski definition) is 4. The van der Waals surface area contributed by atoms with Crippen molar-refractivity contribution in [2.24, 2.45) is 11.7 Å². The van der Waals surface area contributed by atoms with E-state index < -0.39 is 17.9 Å². The molecule has 1 aliphatic rings. The molecule has 1 aliphatic heterocycles. The van der Waals surface area contributed by atoms with Crippen LogP contribution in [0, 0.1) is 11.3 Å². The Balaban J connectivity index is 1.95. The van der Waals surface area contributed by atoms with Crippen molar-refractivity contribution < 1.29 is 19.5 Å². The quantitative estimate of drug-likeness (QED) is 0.310. The lowest BCUT2D eigenvalue weighted by Crippen LogP contribution is -2.37. The predicted molar refractivity (Wildman–Crippen MR) is 96.9 cm³/mol. The maximum Gasteiger partial charge on any atom is 0.305 e. The standard InChI is InChI=1S/C18H22N4O4/c1-2-13(10-16(24)25)21-15(23)9-12-7-8-22(18(12)26)14-5-3-11(4-6-14)17(19)20/h2-6,12-13H,1,7-10H2,(H3,19,20)(H,21,23)(H,24,25). The molecule has 1 aromatic carbocycles. The molecule has 138 valence electrons. The van der Waals surface area contributed by atoms with Crippen LogP contribution in [0.1, 0.15) is 24.8 Å². The summed E-state index contributed by atoms with van der Waals surface area (Å²) in [7, 11) is 0.